The number of rotatable bonds is 3. The molecule has 0 atom stereocenters. The minimum absolute atomic E-state index is 0.276. The molecule has 0 spiro atoms. The lowest BCUT2D eigenvalue weighted by Gasteiger charge is -2.24. The summed E-state index contributed by atoms with van der Waals surface area (Å²) in [6.07, 6.45) is 5.68. The monoisotopic (exact) mass is 159 g/mol. The number of hydrogen-bond acceptors (Lipinski definition) is 1. The quantitative estimate of drug-likeness (QED) is 0.572. The second-order valence-electron chi connectivity index (χ2n) is 2.80. The van der Waals surface area contributed by atoms with Crippen LogP contribution in [0.4, 0.5) is 0 Å². The third-order valence-corrected chi connectivity index (χ3v) is 4.87. The zero-order valence-electron chi connectivity index (χ0n) is 7.14. The molecule has 0 amide bonds. The SMILES string of the molecule is CCP(CC)N1CCCC1. The van der Waals surface area contributed by atoms with Crippen molar-refractivity contribution >= 4 is 8.07 Å². The Labute approximate surface area is 65.6 Å². The molecule has 0 N–H and O–H groups in total. The van der Waals surface area contributed by atoms with Crippen LogP contribution in [0.25, 0.3) is 0 Å². The van der Waals surface area contributed by atoms with Gasteiger partial charge in [-0.05, 0) is 33.2 Å². The Hall–Kier alpha value is 0.390. The van der Waals surface area contributed by atoms with Gasteiger partial charge in [0.05, 0.1) is 0 Å². The van der Waals surface area contributed by atoms with Gasteiger partial charge in [-0.1, -0.05) is 13.8 Å². The molecule has 1 fully saturated rings. The summed E-state index contributed by atoms with van der Waals surface area (Å²) >= 11 is 0. The van der Waals surface area contributed by atoms with Crippen LogP contribution in [-0.4, -0.2) is 30.1 Å². The Morgan fingerprint density at radius 3 is 2.00 bits per heavy atom. The van der Waals surface area contributed by atoms with Gasteiger partial charge in [0.15, 0.2) is 0 Å². The Bertz CT molecular complexity index is 85.3. The smallest absolute Gasteiger partial charge is 0.00214 e. The summed E-state index contributed by atoms with van der Waals surface area (Å²) in [5.74, 6) is 0. The van der Waals surface area contributed by atoms with Crippen molar-refractivity contribution in [2.45, 2.75) is 26.7 Å². The van der Waals surface area contributed by atoms with Crippen molar-refractivity contribution in [3.05, 3.63) is 0 Å². The third-order valence-electron chi connectivity index (χ3n) is 2.21. The lowest BCUT2D eigenvalue weighted by Crippen LogP contribution is -2.14. The Morgan fingerprint density at radius 2 is 1.60 bits per heavy atom. The van der Waals surface area contributed by atoms with E-state index < -0.39 is 0 Å². The van der Waals surface area contributed by atoms with E-state index in [9.17, 15) is 0 Å². The van der Waals surface area contributed by atoms with E-state index in [1.54, 1.807) is 0 Å². The van der Waals surface area contributed by atoms with Gasteiger partial charge >= 0.3 is 0 Å². The molecule has 0 unspecified atom stereocenters. The van der Waals surface area contributed by atoms with Gasteiger partial charge in [0.1, 0.15) is 0 Å². The van der Waals surface area contributed by atoms with Gasteiger partial charge in [-0.15, -0.1) is 0 Å². The highest BCUT2D eigenvalue weighted by molar-refractivity contribution is 7.55. The third kappa shape index (κ3) is 1.93. The van der Waals surface area contributed by atoms with Gasteiger partial charge in [-0.25, -0.2) is 0 Å². The first-order valence-corrected chi connectivity index (χ1v) is 6.04. The van der Waals surface area contributed by atoms with Crippen LogP contribution in [0.1, 0.15) is 26.7 Å². The van der Waals surface area contributed by atoms with E-state index in [1.807, 2.05) is 0 Å². The summed E-state index contributed by atoms with van der Waals surface area (Å²) in [7, 11) is 0.276. The molecular formula is C8H18NP. The summed E-state index contributed by atoms with van der Waals surface area (Å²) in [5.41, 5.74) is 0. The molecule has 1 aliphatic heterocycles. The molecule has 1 nitrogen and oxygen atoms in total. The van der Waals surface area contributed by atoms with Crippen LogP contribution in [0.2, 0.25) is 0 Å². The summed E-state index contributed by atoms with van der Waals surface area (Å²) in [5, 5.41) is 0. The van der Waals surface area contributed by atoms with Gasteiger partial charge in [0, 0.05) is 13.1 Å². The summed E-state index contributed by atoms with van der Waals surface area (Å²) in [6, 6.07) is 0. The van der Waals surface area contributed by atoms with Gasteiger partial charge in [0.2, 0.25) is 0 Å². The molecular weight excluding hydrogens is 141 g/mol. The summed E-state index contributed by atoms with van der Waals surface area (Å²) in [4.78, 5) is 0. The average molecular weight is 159 g/mol. The molecule has 2 heteroatoms. The highest BCUT2D eigenvalue weighted by atomic mass is 31.1. The molecule has 1 aliphatic rings. The predicted molar refractivity (Wildman–Crippen MR) is 48.8 cm³/mol. The predicted octanol–water partition coefficient (Wildman–Crippen LogP) is 2.52. The molecule has 1 heterocycles. The zero-order chi connectivity index (χ0) is 7.40. The number of hydrogen-bond donors (Lipinski definition) is 0. The zero-order valence-corrected chi connectivity index (χ0v) is 8.03. The highest BCUT2D eigenvalue weighted by Crippen LogP contribution is 2.41. The molecule has 0 aromatic rings. The lowest BCUT2D eigenvalue weighted by atomic mass is 10.4. The Balaban J connectivity index is 2.29. The van der Waals surface area contributed by atoms with Crippen molar-refractivity contribution < 1.29 is 0 Å². The molecule has 0 saturated carbocycles. The Morgan fingerprint density at radius 1 is 1.10 bits per heavy atom. The van der Waals surface area contributed by atoms with Crippen LogP contribution < -0.4 is 0 Å². The van der Waals surface area contributed by atoms with Crippen molar-refractivity contribution in [1.82, 2.24) is 4.67 Å². The van der Waals surface area contributed by atoms with E-state index in [0.717, 1.165) is 0 Å². The van der Waals surface area contributed by atoms with Gasteiger partial charge < -0.3 is 0 Å². The van der Waals surface area contributed by atoms with Gasteiger partial charge in [-0.3, -0.25) is 4.67 Å². The minimum Gasteiger partial charge on any atom is -0.282 e. The fraction of sp³-hybridized carbons (Fsp3) is 1.00. The first-order valence-electron chi connectivity index (χ1n) is 4.38. The van der Waals surface area contributed by atoms with Crippen molar-refractivity contribution in [1.29, 1.82) is 0 Å². The molecule has 10 heavy (non-hydrogen) atoms. The van der Waals surface area contributed by atoms with Crippen molar-refractivity contribution in [2.75, 3.05) is 25.4 Å². The largest absolute Gasteiger partial charge is 0.282 e. The molecule has 1 rings (SSSR count). The van der Waals surface area contributed by atoms with E-state index >= 15 is 0 Å². The second-order valence-corrected chi connectivity index (χ2v) is 5.64. The standard InChI is InChI=1S/C8H18NP/c1-3-10(4-2)9-7-5-6-8-9/h3-8H2,1-2H3. The van der Waals surface area contributed by atoms with E-state index in [1.165, 1.54) is 38.3 Å². The highest BCUT2D eigenvalue weighted by Gasteiger charge is 2.17. The first-order chi connectivity index (χ1) is 4.88. The molecule has 1 saturated heterocycles. The van der Waals surface area contributed by atoms with Crippen LogP contribution >= 0.6 is 8.07 Å². The van der Waals surface area contributed by atoms with E-state index in [2.05, 4.69) is 18.5 Å². The number of nitrogens with zero attached hydrogens (tertiary/aromatic N) is 1. The molecule has 0 aromatic carbocycles. The molecule has 0 radical (unpaired) electrons. The summed E-state index contributed by atoms with van der Waals surface area (Å²) in [6.45, 7) is 7.42. The minimum atomic E-state index is 0.276. The molecule has 0 aromatic heterocycles. The summed E-state index contributed by atoms with van der Waals surface area (Å²) < 4.78 is 2.70. The van der Waals surface area contributed by atoms with Crippen molar-refractivity contribution in [3.63, 3.8) is 0 Å². The van der Waals surface area contributed by atoms with Gasteiger partial charge in [-0.2, -0.15) is 0 Å². The molecule has 60 valence electrons. The fourth-order valence-corrected chi connectivity index (χ4v) is 3.70. The molecule has 0 bridgehead atoms. The van der Waals surface area contributed by atoms with Crippen molar-refractivity contribution in [3.8, 4) is 0 Å². The average Bonchev–Trinajstić information content (AvgIpc) is 2.43. The Kier molecular flexibility index (Phi) is 3.65. The maximum absolute atomic E-state index is 2.70. The van der Waals surface area contributed by atoms with Crippen LogP contribution in [0.3, 0.4) is 0 Å². The van der Waals surface area contributed by atoms with E-state index in [4.69, 9.17) is 0 Å². The molecule has 0 aliphatic carbocycles. The maximum atomic E-state index is 2.70. The van der Waals surface area contributed by atoms with Crippen LogP contribution in [0.5, 0.6) is 0 Å². The van der Waals surface area contributed by atoms with Gasteiger partial charge in [0.25, 0.3) is 0 Å². The van der Waals surface area contributed by atoms with Crippen LogP contribution in [-0.2, 0) is 0 Å². The second kappa shape index (κ2) is 4.31. The van der Waals surface area contributed by atoms with Crippen molar-refractivity contribution in [2.24, 2.45) is 0 Å². The first kappa shape index (κ1) is 8.49. The van der Waals surface area contributed by atoms with E-state index in [0.29, 0.717) is 0 Å². The topological polar surface area (TPSA) is 3.24 Å². The van der Waals surface area contributed by atoms with E-state index in [-0.39, 0.29) is 8.07 Å². The lowest BCUT2D eigenvalue weighted by molar-refractivity contribution is 0.564. The maximum Gasteiger partial charge on any atom is 0.00214 e. The van der Waals surface area contributed by atoms with Crippen LogP contribution in [0, 0.1) is 0 Å². The van der Waals surface area contributed by atoms with Crippen LogP contribution in [0.15, 0.2) is 0 Å². The normalized spacial score (nSPS) is 20.7. The fourth-order valence-electron chi connectivity index (χ4n) is 1.61.